The van der Waals surface area contributed by atoms with E-state index in [4.69, 9.17) is 0 Å². The number of rotatable bonds is 5. The van der Waals surface area contributed by atoms with Crippen LogP contribution in [0, 0.1) is 5.92 Å². The topological polar surface area (TPSA) is 128 Å². The number of imide groups is 2. The number of carbonyl (C=O) groups is 5. The number of nitrogens with zero attached hydrogens (tertiary/aromatic N) is 2. The second-order valence-electron chi connectivity index (χ2n) is 10.2. The summed E-state index contributed by atoms with van der Waals surface area (Å²) in [5, 5.41) is 8.49. The quantitative estimate of drug-likeness (QED) is 0.525. The Morgan fingerprint density at radius 1 is 0.944 bits per heavy atom. The highest BCUT2D eigenvalue weighted by Gasteiger charge is 2.45. The van der Waals surface area contributed by atoms with Crippen molar-refractivity contribution in [3.05, 3.63) is 29.3 Å². The Kier molecular flexibility index (Phi) is 6.79. The van der Waals surface area contributed by atoms with Crippen LogP contribution in [0.2, 0.25) is 0 Å². The van der Waals surface area contributed by atoms with Gasteiger partial charge in [0.25, 0.3) is 11.8 Å². The van der Waals surface area contributed by atoms with Crippen LogP contribution < -0.4 is 16.0 Å². The fraction of sp³-hybridized carbons (Fsp3) is 0.577. The van der Waals surface area contributed by atoms with Gasteiger partial charge >= 0.3 is 0 Å². The van der Waals surface area contributed by atoms with Crippen LogP contribution in [-0.2, 0) is 14.4 Å². The van der Waals surface area contributed by atoms with Gasteiger partial charge in [0.2, 0.25) is 17.7 Å². The molecule has 0 radical (unpaired) electrons. The molecule has 1 aliphatic carbocycles. The average Bonchev–Trinajstić information content (AvgIpc) is 3.15. The van der Waals surface area contributed by atoms with Gasteiger partial charge in [-0.1, -0.05) is 6.07 Å². The first-order valence-corrected chi connectivity index (χ1v) is 12.9. The predicted molar refractivity (Wildman–Crippen MR) is 131 cm³/mol. The molecular weight excluding hydrogens is 462 g/mol. The summed E-state index contributed by atoms with van der Waals surface area (Å²) >= 11 is 0. The Morgan fingerprint density at radius 2 is 1.67 bits per heavy atom. The van der Waals surface area contributed by atoms with E-state index < -0.39 is 23.8 Å². The molecule has 1 atom stereocenters. The Balaban J connectivity index is 1.21. The number of anilines is 1. The van der Waals surface area contributed by atoms with Gasteiger partial charge in [-0.3, -0.25) is 34.2 Å². The van der Waals surface area contributed by atoms with Gasteiger partial charge < -0.3 is 15.5 Å². The molecule has 10 nitrogen and oxygen atoms in total. The van der Waals surface area contributed by atoms with Gasteiger partial charge in [0.1, 0.15) is 6.04 Å². The number of benzene rings is 1. The van der Waals surface area contributed by atoms with Crippen molar-refractivity contribution in [2.24, 2.45) is 5.92 Å². The normalized spacial score (nSPS) is 27.6. The van der Waals surface area contributed by atoms with Crippen LogP contribution in [0.4, 0.5) is 5.69 Å². The first-order valence-electron chi connectivity index (χ1n) is 12.9. The molecule has 2 saturated heterocycles. The lowest BCUT2D eigenvalue weighted by molar-refractivity contribution is -0.136. The highest BCUT2D eigenvalue weighted by molar-refractivity contribution is 6.25. The SMILES string of the molecule is CNC(=O)C1CCN(C2CCC(Nc3cccc4c3C(=O)N(C3CCC(=O)NC3=O)C4=O)CC2)CC1. The van der Waals surface area contributed by atoms with E-state index in [2.05, 4.69) is 20.9 Å². The fourth-order valence-electron chi connectivity index (χ4n) is 6.17. The van der Waals surface area contributed by atoms with Crippen molar-refractivity contribution < 1.29 is 24.0 Å². The van der Waals surface area contributed by atoms with E-state index in [1.807, 2.05) is 6.07 Å². The molecule has 5 rings (SSSR count). The third kappa shape index (κ3) is 4.50. The highest BCUT2D eigenvalue weighted by Crippen LogP contribution is 2.35. The van der Waals surface area contributed by atoms with E-state index in [0.29, 0.717) is 22.9 Å². The van der Waals surface area contributed by atoms with Crippen molar-refractivity contribution >= 4 is 35.2 Å². The number of piperidine rings is 2. The zero-order valence-corrected chi connectivity index (χ0v) is 20.5. The van der Waals surface area contributed by atoms with Crippen molar-refractivity contribution in [2.45, 2.75) is 69.5 Å². The summed E-state index contributed by atoms with van der Waals surface area (Å²) in [6, 6.07) is 4.90. The highest BCUT2D eigenvalue weighted by atomic mass is 16.2. The van der Waals surface area contributed by atoms with Gasteiger partial charge in [0, 0.05) is 37.2 Å². The molecule has 5 amide bonds. The van der Waals surface area contributed by atoms with Crippen LogP contribution in [0.5, 0.6) is 0 Å². The summed E-state index contributed by atoms with van der Waals surface area (Å²) in [4.78, 5) is 65.7. The van der Waals surface area contributed by atoms with Crippen molar-refractivity contribution in [1.29, 1.82) is 0 Å². The lowest BCUT2D eigenvalue weighted by Crippen LogP contribution is -2.54. The molecule has 0 aromatic heterocycles. The Morgan fingerprint density at radius 3 is 2.33 bits per heavy atom. The summed E-state index contributed by atoms with van der Waals surface area (Å²) in [6.07, 6.45) is 6.00. The number of hydrogen-bond acceptors (Lipinski definition) is 7. The maximum atomic E-state index is 13.3. The van der Waals surface area contributed by atoms with E-state index in [-0.39, 0.29) is 36.6 Å². The van der Waals surface area contributed by atoms with Crippen LogP contribution in [0.3, 0.4) is 0 Å². The van der Waals surface area contributed by atoms with Crippen molar-refractivity contribution in [3.63, 3.8) is 0 Å². The zero-order chi connectivity index (χ0) is 25.4. The molecule has 1 saturated carbocycles. The number of carbonyl (C=O) groups excluding carboxylic acids is 5. The molecule has 4 aliphatic rings. The second-order valence-corrected chi connectivity index (χ2v) is 10.2. The molecule has 1 aromatic rings. The average molecular weight is 496 g/mol. The summed E-state index contributed by atoms with van der Waals surface area (Å²) in [5.41, 5.74) is 1.23. The first kappa shape index (κ1) is 24.4. The predicted octanol–water partition coefficient (Wildman–Crippen LogP) is 1.27. The number of likely N-dealkylation sites (tertiary alicyclic amines) is 1. The molecule has 0 spiro atoms. The lowest BCUT2D eigenvalue weighted by atomic mass is 9.87. The molecule has 3 fully saturated rings. The van der Waals surface area contributed by atoms with Gasteiger partial charge in [-0.05, 0) is 70.2 Å². The first-order chi connectivity index (χ1) is 17.4. The largest absolute Gasteiger partial charge is 0.382 e. The zero-order valence-electron chi connectivity index (χ0n) is 20.5. The smallest absolute Gasteiger partial charge is 0.264 e. The van der Waals surface area contributed by atoms with Crippen molar-refractivity contribution in [2.75, 3.05) is 25.5 Å². The standard InChI is InChI=1S/C26H33N5O5/c1-27-23(33)15-11-13-30(14-12-15)17-7-5-16(6-8-17)28-19-4-2-3-18-22(19)26(36)31(25(18)35)20-9-10-21(32)29-24(20)34/h2-4,15-17,20,28H,5-14H2,1H3,(H,27,33)(H,29,32,34). The molecule has 3 N–H and O–H groups in total. The third-order valence-electron chi connectivity index (χ3n) is 8.19. The van der Waals surface area contributed by atoms with Gasteiger partial charge in [-0.25, -0.2) is 0 Å². The molecule has 3 aliphatic heterocycles. The Labute approximate surface area is 210 Å². The number of hydrogen-bond donors (Lipinski definition) is 3. The molecule has 1 unspecified atom stereocenters. The maximum Gasteiger partial charge on any atom is 0.264 e. The summed E-state index contributed by atoms with van der Waals surface area (Å²) in [7, 11) is 1.70. The van der Waals surface area contributed by atoms with Crippen LogP contribution in [0.1, 0.15) is 72.1 Å². The van der Waals surface area contributed by atoms with E-state index >= 15 is 0 Å². The molecule has 0 bridgehead atoms. The summed E-state index contributed by atoms with van der Waals surface area (Å²) in [5.74, 6) is -1.71. The van der Waals surface area contributed by atoms with Crippen LogP contribution in [0.25, 0.3) is 0 Å². The lowest BCUT2D eigenvalue weighted by Gasteiger charge is -2.40. The molecule has 36 heavy (non-hydrogen) atoms. The van der Waals surface area contributed by atoms with Gasteiger partial charge in [0.05, 0.1) is 11.1 Å². The second kappa shape index (κ2) is 10.0. The van der Waals surface area contributed by atoms with Gasteiger partial charge in [0.15, 0.2) is 0 Å². The minimum absolute atomic E-state index is 0.0988. The maximum absolute atomic E-state index is 13.3. The van der Waals surface area contributed by atoms with Gasteiger partial charge in [-0.2, -0.15) is 0 Å². The van der Waals surface area contributed by atoms with E-state index in [9.17, 15) is 24.0 Å². The fourth-order valence-corrected chi connectivity index (χ4v) is 6.17. The van der Waals surface area contributed by atoms with E-state index in [1.165, 1.54) is 0 Å². The van der Waals surface area contributed by atoms with Gasteiger partial charge in [-0.15, -0.1) is 0 Å². The number of amides is 5. The molecule has 3 heterocycles. The summed E-state index contributed by atoms with van der Waals surface area (Å²) in [6.45, 7) is 1.89. The molecule has 10 heteroatoms. The van der Waals surface area contributed by atoms with E-state index in [1.54, 1.807) is 19.2 Å². The van der Waals surface area contributed by atoms with Crippen molar-refractivity contribution in [1.82, 2.24) is 20.4 Å². The van der Waals surface area contributed by atoms with Crippen LogP contribution in [0.15, 0.2) is 18.2 Å². The Bertz CT molecular complexity index is 1090. The minimum Gasteiger partial charge on any atom is -0.382 e. The number of nitrogens with one attached hydrogen (secondary N) is 3. The van der Waals surface area contributed by atoms with Crippen LogP contribution >= 0.6 is 0 Å². The van der Waals surface area contributed by atoms with E-state index in [0.717, 1.165) is 56.5 Å². The minimum atomic E-state index is -0.967. The third-order valence-corrected chi connectivity index (χ3v) is 8.19. The van der Waals surface area contributed by atoms with Crippen LogP contribution in [-0.4, -0.2) is 77.6 Å². The molecule has 1 aromatic carbocycles. The monoisotopic (exact) mass is 495 g/mol. The Hall–Kier alpha value is -3.27. The molecular formula is C26H33N5O5. The van der Waals surface area contributed by atoms with Crippen molar-refractivity contribution in [3.8, 4) is 0 Å². The summed E-state index contributed by atoms with van der Waals surface area (Å²) < 4.78 is 0. The molecule has 192 valence electrons. The number of fused-ring (bicyclic) bond motifs is 1.